The zero-order chi connectivity index (χ0) is 27.4. The Bertz CT molecular complexity index is 1790. The van der Waals surface area contributed by atoms with Gasteiger partial charge in [-0.25, -0.2) is 23.5 Å². The van der Waals surface area contributed by atoms with Crippen LogP contribution < -0.4 is 21.1 Å². The SMILES string of the molecule is NS(=O)(=O)c1ccc(Nc2ncc3cc(C(=O)Nc4cccc(NC(=O)c5ccccc5)c4)ccc3n2)cc1. The predicted octanol–water partition coefficient (Wildman–Crippen LogP) is 4.53. The number of carbonyl (C=O) groups is 2. The van der Waals surface area contributed by atoms with Crippen molar-refractivity contribution in [1.82, 2.24) is 9.97 Å². The lowest BCUT2D eigenvalue weighted by molar-refractivity contribution is 0.101. The van der Waals surface area contributed by atoms with Gasteiger partial charge in [0, 0.05) is 39.8 Å². The Kier molecular flexibility index (Phi) is 7.00. The van der Waals surface area contributed by atoms with Crippen LogP contribution >= 0.6 is 0 Å². The van der Waals surface area contributed by atoms with Gasteiger partial charge in [0.2, 0.25) is 16.0 Å². The second-order valence-electron chi connectivity index (χ2n) is 8.52. The van der Waals surface area contributed by atoms with Crippen LogP contribution in [-0.4, -0.2) is 30.2 Å². The first-order valence-corrected chi connectivity index (χ1v) is 13.2. The number of hydrogen-bond donors (Lipinski definition) is 4. The summed E-state index contributed by atoms with van der Waals surface area (Å²) in [6.07, 6.45) is 1.58. The molecule has 1 heterocycles. The highest BCUT2D eigenvalue weighted by atomic mass is 32.2. The minimum Gasteiger partial charge on any atom is -0.324 e. The average Bonchev–Trinajstić information content (AvgIpc) is 2.93. The number of nitrogens with one attached hydrogen (secondary N) is 3. The van der Waals surface area contributed by atoms with E-state index in [9.17, 15) is 18.0 Å². The van der Waals surface area contributed by atoms with Gasteiger partial charge in [-0.2, -0.15) is 0 Å². The lowest BCUT2D eigenvalue weighted by Gasteiger charge is -2.10. The van der Waals surface area contributed by atoms with E-state index in [0.717, 1.165) is 0 Å². The molecule has 5 N–H and O–H groups in total. The molecule has 5 aromatic rings. The Morgan fingerprint density at radius 3 is 2.03 bits per heavy atom. The van der Waals surface area contributed by atoms with Crippen molar-refractivity contribution in [3.63, 3.8) is 0 Å². The molecule has 0 aliphatic heterocycles. The molecule has 0 aliphatic carbocycles. The molecule has 0 unspecified atom stereocenters. The third-order valence-corrected chi connectivity index (χ3v) is 6.62. The fourth-order valence-corrected chi connectivity index (χ4v) is 4.28. The lowest BCUT2D eigenvalue weighted by Crippen LogP contribution is -2.14. The summed E-state index contributed by atoms with van der Waals surface area (Å²) in [5.41, 5.74) is 3.20. The fourth-order valence-electron chi connectivity index (χ4n) is 3.76. The number of aromatic nitrogens is 2. The largest absolute Gasteiger partial charge is 0.324 e. The topological polar surface area (TPSA) is 156 Å². The van der Waals surface area contributed by atoms with E-state index in [0.29, 0.717) is 45.0 Å². The second-order valence-corrected chi connectivity index (χ2v) is 10.1. The predicted molar refractivity (Wildman–Crippen MR) is 149 cm³/mol. The molecule has 1 aromatic heterocycles. The molecular weight excluding hydrogens is 516 g/mol. The number of amides is 2. The summed E-state index contributed by atoms with van der Waals surface area (Å²) in [4.78, 5) is 34.1. The standard InChI is InChI=1S/C28H22N6O4S/c29-39(37,38)24-12-10-21(11-13-24)33-28-30-17-20-15-19(9-14-25(20)34-28)27(36)32-23-8-4-7-22(16-23)31-26(35)18-5-2-1-3-6-18/h1-17H,(H,31,35)(H,32,36)(H2,29,37,38)(H,30,33,34). The van der Waals surface area contributed by atoms with E-state index in [1.807, 2.05) is 6.07 Å². The van der Waals surface area contributed by atoms with Crippen molar-refractivity contribution in [2.75, 3.05) is 16.0 Å². The summed E-state index contributed by atoms with van der Waals surface area (Å²) in [6, 6.07) is 26.7. The molecule has 0 aliphatic rings. The maximum atomic E-state index is 12.9. The van der Waals surface area contributed by atoms with Crippen LogP contribution in [0.4, 0.5) is 23.0 Å². The van der Waals surface area contributed by atoms with Crippen molar-refractivity contribution in [1.29, 1.82) is 0 Å². The molecule has 5 rings (SSSR count). The van der Waals surface area contributed by atoms with E-state index in [4.69, 9.17) is 5.14 Å². The molecule has 39 heavy (non-hydrogen) atoms. The van der Waals surface area contributed by atoms with Crippen LogP contribution in [0.1, 0.15) is 20.7 Å². The molecule has 2 amide bonds. The van der Waals surface area contributed by atoms with Gasteiger partial charge in [-0.15, -0.1) is 0 Å². The number of anilines is 4. The molecule has 0 bridgehead atoms. The Morgan fingerprint density at radius 2 is 1.36 bits per heavy atom. The van der Waals surface area contributed by atoms with Crippen LogP contribution in [-0.2, 0) is 10.0 Å². The number of carbonyl (C=O) groups excluding carboxylic acids is 2. The molecule has 0 spiro atoms. The molecule has 4 aromatic carbocycles. The molecule has 10 nitrogen and oxygen atoms in total. The molecular formula is C28H22N6O4S. The van der Waals surface area contributed by atoms with Crippen molar-refractivity contribution in [3.05, 3.63) is 114 Å². The fraction of sp³-hybridized carbons (Fsp3) is 0. The van der Waals surface area contributed by atoms with Gasteiger partial charge < -0.3 is 16.0 Å². The average molecular weight is 539 g/mol. The highest BCUT2D eigenvalue weighted by Gasteiger charge is 2.11. The van der Waals surface area contributed by atoms with Gasteiger partial charge in [-0.05, 0) is 72.8 Å². The Hall–Kier alpha value is -5.13. The maximum Gasteiger partial charge on any atom is 0.255 e. The number of sulfonamides is 1. The van der Waals surface area contributed by atoms with Crippen molar-refractivity contribution >= 4 is 55.8 Å². The van der Waals surface area contributed by atoms with Gasteiger partial charge in [-0.1, -0.05) is 24.3 Å². The summed E-state index contributed by atoms with van der Waals surface area (Å²) < 4.78 is 22.8. The summed E-state index contributed by atoms with van der Waals surface area (Å²) in [6.45, 7) is 0. The minimum atomic E-state index is -3.78. The van der Waals surface area contributed by atoms with Gasteiger partial charge in [-0.3, -0.25) is 9.59 Å². The summed E-state index contributed by atoms with van der Waals surface area (Å²) in [7, 11) is -3.78. The quantitative estimate of drug-likeness (QED) is 0.237. The molecule has 11 heteroatoms. The van der Waals surface area contributed by atoms with Gasteiger partial charge in [0.1, 0.15) is 0 Å². The number of rotatable bonds is 7. The van der Waals surface area contributed by atoms with E-state index in [1.165, 1.54) is 12.1 Å². The maximum absolute atomic E-state index is 12.9. The summed E-state index contributed by atoms with van der Waals surface area (Å²) in [5, 5.41) is 14.4. The van der Waals surface area contributed by atoms with Crippen LogP contribution in [0.15, 0.2) is 108 Å². The Labute approximate surface area is 224 Å². The van der Waals surface area contributed by atoms with E-state index in [1.54, 1.807) is 85.1 Å². The van der Waals surface area contributed by atoms with E-state index < -0.39 is 10.0 Å². The number of nitrogens with two attached hydrogens (primary N) is 1. The first kappa shape index (κ1) is 25.5. The molecule has 194 valence electrons. The van der Waals surface area contributed by atoms with Crippen LogP contribution in [0.3, 0.4) is 0 Å². The molecule has 0 atom stereocenters. The van der Waals surface area contributed by atoms with E-state index >= 15 is 0 Å². The molecule has 0 saturated heterocycles. The van der Waals surface area contributed by atoms with Gasteiger partial charge in [0.05, 0.1) is 10.4 Å². The van der Waals surface area contributed by atoms with Crippen molar-refractivity contribution in [3.8, 4) is 0 Å². The van der Waals surface area contributed by atoms with Gasteiger partial charge in [0.25, 0.3) is 11.8 Å². The monoisotopic (exact) mass is 538 g/mol. The van der Waals surface area contributed by atoms with Crippen molar-refractivity contribution < 1.29 is 18.0 Å². The highest BCUT2D eigenvalue weighted by Crippen LogP contribution is 2.21. The van der Waals surface area contributed by atoms with Crippen LogP contribution in [0.5, 0.6) is 0 Å². The third kappa shape index (κ3) is 6.24. The smallest absolute Gasteiger partial charge is 0.255 e. The zero-order valence-electron chi connectivity index (χ0n) is 20.3. The summed E-state index contributed by atoms with van der Waals surface area (Å²) in [5.74, 6) is -0.277. The van der Waals surface area contributed by atoms with Gasteiger partial charge >= 0.3 is 0 Å². The third-order valence-electron chi connectivity index (χ3n) is 5.70. The van der Waals surface area contributed by atoms with Gasteiger partial charge in [0.15, 0.2) is 0 Å². The zero-order valence-corrected chi connectivity index (χ0v) is 21.1. The highest BCUT2D eigenvalue weighted by molar-refractivity contribution is 7.89. The summed E-state index contributed by atoms with van der Waals surface area (Å²) >= 11 is 0. The number of fused-ring (bicyclic) bond motifs is 1. The van der Waals surface area contributed by atoms with E-state index in [2.05, 4.69) is 25.9 Å². The molecule has 0 fully saturated rings. The molecule has 0 radical (unpaired) electrons. The first-order valence-electron chi connectivity index (χ1n) is 11.7. The number of primary sulfonamides is 1. The minimum absolute atomic E-state index is 0.00180. The van der Waals surface area contributed by atoms with Crippen molar-refractivity contribution in [2.24, 2.45) is 5.14 Å². The van der Waals surface area contributed by atoms with E-state index in [-0.39, 0.29) is 16.7 Å². The van der Waals surface area contributed by atoms with Crippen LogP contribution in [0.25, 0.3) is 10.9 Å². The number of benzene rings is 4. The van der Waals surface area contributed by atoms with Crippen molar-refractivity contribution in [2.45, 2.75) is 4.90 Å². The Morgan fingerprint density at radius 1 is 0.692 bits per heavy atom. The second kappa shape index (κ2) is 10.7. The normalized spacial score (nSPS) is 11.1. The lowest BCUT2D eigenvalue weighted by atomic mass is 10.1. The van der Waals surface area contributed by atoms with Crippen LogP contribution in [0, 0.1) is 0 Å². The van der Waals surface area contributed by atoms with Crippen LogP contribution in [0.2, 0.25) is 0 Å². The number of hydrogen-bond acceptors (Lipinski definition) is 7. The Balaban J connectivity index is 1.26. The number of nitrogens with zero attached hydrogens (tertiary/aromatic N) is 2. The molecule has 0 saturated carbocycles. The first-order chi connectivity index (χ1) is 18.7.